The summed E-state index contributed by atoms with van der Waals surface area (Å²) in [5.41, 5.74) is -0.618. The van der Waals surface area contributed by atoms with Crippen LogP contribution in [0.3, 0.4) is 0 Å². The van der Waals surface area contributed by atoms with E-state index in [0.29, 0.717) is 43.5 Å². The first kappa shape index (κ1) is 24.8. The maximum absolute atomic E-state index is 13.4. The minimum absolute atomic E-state index is 0.0580. The lowest BCUT2D eigenvalue weighted by Crippen LogP contribution is -2.17. The van der Waals surface area contributed by atoms with Crippen LogP contribution in [0.15, 0.2) is 30.3 Å². The van der Waals surface area contributed by atoms with E-state index in [9.17, 15) is 18.0 Å². The Labute approximate surface area is 191 Å². The smallest absolute Gasteiger partial charge is 0.433 e. The second-order valence-corrected chi connectivity index (χ2v) is 8.01. The molecule has 0 N–H and O–H groups in total. The monoisotopic (exact) mass is 466 g/mol. The van der Waals surface area contributed by atoms with Crippen molar-refractivity contribution in [3.63, 3.8) is 0 Å². The van der Waals surface area contributed by atoms with E-state index >= 15 is 0 Å². The number of halogens is 3. The topological polar surface area (TPSA) is 70.5 Å². The number of rotatable bonds is 10. The molecule has 1 aromatic heterocycles. The first-order valence-electron chi connectivity index (χ1n) is 11.3. The van der Waals surface area contributed by atoms with E-state index in [1.165, 1.54) is 6.42 Å². The third-order valence-electron chi connectivity index (χ3n) is 5.40. The molecule has 1 heterocycles. The molecule has 0 spiro atoms. The summed E-state index contributed by atoms with van der Waals surface area (Å²) in [6.45, 7) is 2.76. The van der Waals surface area contributed by atoms with Gasteiger partial charge in [0.15, 0.2) is 11.5 Å². The molecule has 2 aromatic rings. The lowest BCUT2D eigenvalue weighted by atomic mass is 9.90. The van der Waals surface area contributed by atoms with Crippen LogP contribution in [0.5, 0.6) is 11.6 Å². The molecule has 0 radical (unpaired) electrons. The lowest BCUT2D eigenvalue weighted by molar-refractivity contribution is -0.143. The van der Waals surface area contributed by atoms with Gasteiger partial charge in [0.25, 0.3) is 0 Å². The third-order valence-corrected chi connectivity index (χ3v) is 5.40. The fourth-order valence-corrected chi connectivity index (χ4v) is 3.67. The van der Waals surface area contributed by atoms with Gasteiger partial charge in [-0.15, -0.1) is 0 Å². The Morgan fingerprint density at radius 1 is 1.06 bits per heavy atom. The number of hydrogen-bond donors (Lipinski definition) is 0. The fourth-order valence-electron chi connectivity index (χ4n) is 3.67. The molecule has 3 rings (SSSR count). The molecule has 1 saturated carbocycles. The molecule has 9 heteroatoms. The highest BCUT2D eigenvalue weighted by molar-refractivity contribution is 5.69. The predicted molar refractivity (Wildman–Crippen MR) is 116 cm³/mol. The number of alkyl halides is 3. The highest BCUT2D eigenvalue weighted by atomic mass is 19.4. The minimum atomic E-state index is -4.61. The van der Waals surface area contributed by atoms with E-state index in [4.69, 9.17) is 14.2 Å². The average Bonchev–Trinajstić information content (AvgIpc) is 2.81. The fraction of sp³-hybridized carbons (Fsp3) is 0.542. The summed E-state index contributed by atoms with van der Waals surface area (Å²) in [4.78, 5) is 19.3. The Morgan fingerprint density at radius 2 is 1.79 bits per heavy atom. The van der Waals surface area contributed by atoms with Gasteiger partial charge in [-0.05, 0) is 56.4 Å². The van der Waals surface area contributed by atoms with Crippen LogP contribution in [0.2, 0.25) is 0 Å². The van der Waals surface area contributed by atoms with Crippen molar-refractivity contribution in [1.29, 1.82) is 0 Å². The zero-order valence-electron chi connectivity index (χ0n) is 18.7. The van der Waals surface area contributed by atoms with Crippen LogP contribution in [-0.2, 0) is 15.7 Å². The van der Waals surface area contributed by atoms with Gasteiger partial charge in [-0.3, -0.25) is 4.79 Å². The molecule has 0 unspecified atom stereocenters. The molecular formula is C24H29F3N2O4. The summed E-state index contributed by atoms with van der Waals surface area (Å²) in [6, 6.07) is 7.31. The summed E-state index contributed by atoms with van der Waals surface area (Å²) in [5, 5.41) is 0. The van der Waals surface area contributed by atoms with Gasteiger partial charge in [-0.1, -0.05) is 19.3 Å². The summed E-state index contributed by atoms with van der Waals surface area (Å²) < 4.78 is 56.3. The van der Waals surface area contributed by atoms with Gasteiger partial charge >= 0.3 is 12.1 Å². The van der Waals surface area contributed by atoms with Gasteiger partial charge in [-0.25, -0.2) is 4.98 Å². The van der Waals surface area contributed by atoms with Crippen molar-refractivity contribution in [2.24, 2.45) is 5.92 Å². The molecule has 1 fully saturated rings. The van der Waals surface area contributed by atoms with Crippen molar-refractivity contribution in [3.05, 3.63) is 36.0 Å². The molecule has 1 aromatic carbocycles. The zero-order chi connectivity index (χ0) is 23.7. The standard InChI is InChI=1S/C24H29F3N2O4/c1-2-31-22(30)9-6-14-32-19-12-10-18(11-13-19)23-28-20(24(25,26)27)15-21(29-23)33-16-17-7-4-3-5-8-17/h10-13,15,17H,2-9,14,16H2,1H3. The number of nitrogens with zero attached hydrogens (tertiary/aromatic N) is 2. The van der Waals surface area contributed by atoms with Crippen LogP contribution in [0.25, 0.3) is 11.4 Å². The molecule has 0 saturated heterocycles. The Morgan fingerprint density at radius 3 is 2.45 bits per heavy atom. The van der Waals surface area contributed by atoms with Crippen LogP contribution in [0.4, 0.5) is 13.2 Å². The van der Waals surface area contributed by atoms with Gasteiger partial charge in [0.2, 0.25) is 5.88 Å². The quantitative estimate of drug-likeness (QED) is 0.323. The first-order chi connectivity index (χ1) is 15.8. The SMILES string of the molecule is CCOC(=O)CCCOc1ccc(-c2nc(OCC3CCCCC3)cc(C(F)(F)F)n2)cc1. The number of esters is 1. The van der Waals surface area contributed by atoms with E-state index in [-0.39, 0.29) is 24.1 Å². The van der Waals surface area contributed by atoms with Gasteiger partial charge in [0.1, 0.15) is 5.75 Å². The second-order valence-electron chi connectivity index (χ2n) is 8.01. The third kappa shape index (κ3) is 7.91. The molecule has 0 atom stereocenters. The Balaban J connectivity index is 1.65. The number of aromatic nitrogens is 2. The highest BCUT2D eigenvalue weighted by Crippen LogP contribution is 2.32. The Hall–Kier alpha value is -2.84. The number of benzene rings is 1. The second kappa shape index (κ2) is 11.9. The van der Waals surface area contributed by atoms with Crippen LogP contribution < -0.4 is 9.47 Å². The molecular weight excluding hydrogens is 437 g/mol. The minimum Gasteiger partial charge on any atom is -0.494 e. The number of carbonyl (C=O) groups excluding carboxylic acids is 1. The van der Waals surface area contributed by atoms with Gasteiger partial charge in [0, 0.05) is 18.1 Å². The van der Waals surface area contributed by atoms with Crippen LogP contribution in [-0.4, -0.2) is 35.8 Å². The van der Waals surface area contributed by atoms with Crippen molar-refractivity contribution >= 4 is 5.97 Å². The van der Waals surface area contributed by atoms with E-state index in [1.54, 1.807) is 31.2 Å². The van der Waals surface area contributed by atoms with Crippen molar-refractivity contribution < 1.29 is 32.2 Å². The number of carbonyl (C=O) groups is 1. The maximum atomic E-state index is 13.4. The first-order valence-corrected chi connectivity index (χ1v) is 11.3. The van der Waals surface area contributed by atoms with Crippen LogP contribution >= 0.6 is 0 Å². The van der Waals surface area contributed by atoms with Crippen molar-refractivity contribution in [3.8, 4) is 23.0 Å². The van der Waals surface area contributed by atoms with Gasteiger partial charge < -0.3 is 14.2 Å². The summed E-state index contributed by atoms with van der Waals surface area (Å²) in [6.07, 6.45) is 1.62. The molecule has 0 bridgehead atoms. The van der Waals surface area contributed by atoms with Crippen LogP contribution in [0.1, 0.15) is 57.6 Å². The van der Waals surface area contributed by atoms with Crippen molar-refractivity contribution in [1.82, 2.24) is 9.97 Å². The summed E-state index contributed by atoms with van der Waals surface area (Å²) in [7, 11) is 0. The maximum Gasteiger partial charge on any atom is 0.433 e. The Kier molecular flexibility index (Phi) is 8.91. The Bertz CT molecular complexity index is 898. The molecule has 33 heavy (non-hydrogen) atoms. The molecule has 1 aliphatic rings. The normalized spacial score (nSPS) is 14.7. The van der Waals surface area contributed by atoms with Gasteiger partial charge in [-0.2, -0.15) is 18.2 Å². The average molecular weight is 467 g/mol. The van der Waals surface area contributed by atoms with Crippen molar-refractivity contribution in [2.75, 3.05) is 19.8 Å². The summed E-state index contributed by atoms with van der Waals surface area (Å²) >= 11 is 0. The van der Waals surface area contributed by atoms with E-state index in [0.717, 1.165) is 31.7 Å². The molecule has 6 nitrogen and oxygen atoms in total. The van der Waals surface area contributed by atoms with E-state index < -0.39 is 11.9 Å². The lowest BCUT2D eigenvalue weighted by Gasteiger charge is -2.21. The van der Waals surface area contributed by atoms with E-state index in [1.807, 2.05) is 0 Å². The van der Waals surface area contributed by atoms with Gasteiger partial charge in [0.05, 0.1) is 19.8 Å². The molecule has 180 valence electrons. The molecule has 0 aliphatic heterocycles. The van der Waals surface area contributed by atoms with Crippen LogP contribution in [0, 0.1) is 5.92 Å². The summed E-state index contributed by atoms with van der Waals surface area (Å²) in [5.74, 6) is 0.462. The number of hydrogen-bond acceptors (Lipinski definition) is 6. The van der Waals surface area contributed by atoms with E-state index in [2.05, 4.69) is 9.97 Å². The highest BCUT2D eigenvalue weighted by Gasteiger charge is 2.34. The van der Waals surface area contributed by atoms with Crippen molar-refractivity contribution in [2.45, 2.75) is 58.0 Å². The largest absolute Gasteiger partial charge is 0.494 e. The number of ether oxygens (including phenoxy) is 3. The molecule has 1 aliphatic carbocycles. The molecule has 0 amide bonds. The predicted octanol–water partition coefficient (Wildman–Crippen LogP) is 5.84. The zero-order valence-corrected chi connectivity index (χ0v) is 18.7.